The summed E-state index contributed by atoms with van der Waals surface area (Å²) in [6, 6.07) is 13.4. The number of benzene rings is 2. The highest BCUT2D eigenvalue weighted by Crippen LogP contribution is 2.35. The van der Waals surface area contributed by atoms with Crippen molar-refractivity contribution in [3.8, 4) is 17.0 Å². The van der Waals surface area contributed by atoms with Crippen molar-refractivity contribution in [3.05, 3.63) is 65.2 Å². The fraction of sp³-hybridized carbons (Fsp3) is 0.105. The molecule has 4 rings (SSSR count). The molecule has 5 heteroatoms. The van der Waals surface area contributed by atoms with Crippen LogP contribution in [0.3, 0.4) is 0 Å². The summed E-state index contributed by atoms with van der Waals surface area (Å²) >= 11 is 1.59. The van der Waals surface area contributed by atoms with Gasteiger partial charge in [0.2, 0.25) is 0 Å². The Bertz CT molecular complexity index is 1010. The minimum absolute atomic E-state index is 0.238. The molecule has 0 bridgehead atoms. The van der Waals surface area contributed by atoms with E-state index in [0.29, 0.717) is 0 Å². The standard InChI is InChI=1S/C19H17N3OS/c1-12-5-3-6-13(2)16(12)20-18-17(14-7-4-8-15(23)11-14)21-19-22(18)9-10-24-19/h3-11,20,23H,1-2H3. The van der Waals surface area contributed by atoms with E-state index in [9.17, 15) is 5.11 Å². The van der Waals surface area contributed by atoms with Crippen LogP contribution in [0.5, 0.6) is 5.75 Å². The highest BCUT2D eigenvalue weighted by molar-refractivity contribution is 7.15. The van der Waals surface area contributed by atoms with Crippen LogP contribution >= 0.6 is 11.3 Å². The molecule has 0 amide bonds. The van der Waals surface area contributed by atoms with Crippen molar-refractivity contribution in [3.63, 3.8) is 0 Å². The molecular weight excluding hydrogens is 318 g/mol. The van der Waals surface area contributed by atoms with Crippen molar-refractivity contribution in [1.29, 1.82) is 0 Å². The van der Waals surface area contributed by atoms with E-state index >= 15 is 0 Å². The molecule has 24 heavy (non-hydrogen) atoms. The van der Waals surface area contributed by atoms with E-state index in [1.807, 2.05) is 23.7 Å². The van der Waals surface area contributed by atoms with Crippen molar-refractivity contribution < 1.29 is 5.11 Å². The van der Waals surface area contributed by atoms with Gasteiger partial charge in [-0.15, -0.1) is 11.3 Å². The number of fused-ring (bicyclic) bond motifs is 1. The van der Waals surface area contributed by atoms with Gasteiger partial charge in [-0.3, -0.25) is 4.40 Å². The van der Waals surface area contributed by atoms with Crippen molar-refractivity contribution >= 4 is 27.8 Å². The van der Waals surface area contributed by atoms with E-state index in [1.165, 1.54) is 11.1 Å². The van der Waals surface area contributed by atoms with Crippen LogP contribution in [0.25, 0.3) is 16.2 Å². The predicted octanol–water partition coefficient (Wildman–Crippen LogP) is 5.13. The number of nitrogens with one attached hydrogen (secondary N) is 1. The fourth-order valence-corrected chi connectivity index (χ4v) is 3.60. The van der Waals surface area contributed by atoms with E-state index in [1.54, 1.807) is 23.5 Å². The fourth-order valence-electron chi connectivity index (χ4n) is 2.89. The lowest BCUT2D eigenvalue weighted by molar-refractivity contribution is 0.475. The second kappa shape index (κ2) is 5.69. The van der Waals surface area contributed by atoms with Crippen LogP contribution in [0, 0.1) is 13.8 Å². The first-order valence-electron chi connectivity index (χ1n) is 7.71. The van der Waals surface area contributed by atoms with Gasteiger partial charge in [0.05, 0.1) is 0 Å². The number of phenolic OH excluding ortho intramolecular Hbond substituents is 1. The summed E-state index contributed by atoms with van der Waals surface area (Å²) in [6.45, 7) is 4.18. The van der Waals surface area contributed by atoms with Gasteiger partial charge in [-0.25, -0.2) is 4.98 Å². The smallest absolute Gasteiger partial charge is 0.195 e. The molecule has 0 aliphatic heterocycles. The van der Waals surface area contributed by atoms with Gasteiger partial charge in [-0.05, 0) is 37.1 Å². The van der Waals surface area contributed by atoms with Crippen LogP contribution in [-0.4, -0.2) is 14.5 Å². The van der Waals surface area contributed by atoms with Crippen LogP contribution in [0.1, 0.15) is 11.1 Å². The van der Waals surface area contributed by atoms with Crippen molar-refractivity contribution in [2.45, 2.75) is 13.8 Å². The summed E-state index contributed by atoms with van der Waals surface area (Å²) in [7, 11) is 0. The number of imidazole rings is 1. The summed E-state index contributed by atoms with van der Waals surface area (Å²) < 4.78 is 2.05. The minimum Gasteiger partial charge on any atom is -0.508 e. The average Bonchev–Trinajstić information content (AvgIpc) is 3.13. The number of hydrogen-bond acceptors (Lipinski definition) is 4. The van der Waals surface area contributed by atoms with Gasteiger partial charge >= 0.3 is 0 Å². The number of hydrogen-bond donors (Lipinski definition) is 2. The van der Waals surface area contributed by atoms with Crippen LogP contribution in [0.2, 0.25) is 0 Å². The van der Waals surface area contributed by atoms with E-state index in [4.69, 9.17) is 4.98 Å². The molecule has 2 aromatic heterocycles. The third-order valence-electron chi connectivity index (χ3n) is 4.11. The summed E-state index contributed by atoms with van der Waals surface area (Å²) in [4.78, 5) is 5.67. The third kappa shape index (κ3) is 2.43. The summed E-state index contributed by atoms with van der Waals surface area (Å²) in [5.41, 5.74) is 5.18. The highest BCUT2D eigenvalue weighted by Gasteiger charge is 2.17. The van der Waals surface area contributed by atoms with Crippen LogP contribution in [-0.2, 0) is 0 Å². The number of phenols is 1. The molecule has 2 N–H and O–H groups in total. The molecule has 0 atom stereocenters. The van der Waals surface area contributed by atoms with Crippen molar-refractivity contribution in [2.75, 3.05) is 5.32 Å². The zero-order chi connectivity index (χ0) is 16.7. The molecule has 120 valence electrons. The molecular formula is C19H17N3OS. The SMILES string of the molecule is Cc1cccc(C)c1Nc1c(-c2cccc(O)c2)nc2sccn12. The highest BCUT2D eigenvalue weighted by atomic mass is 32.1. The van der Waals surface area contributed by atoms with Crippen molar-refractivity contribution in [2.24, 2.45) is 0 Å². The Kier molecular flexibility index (Phi) is 3.50. The van der Waals surface area contributed by atoms with Gasteiger partial charge in [0, 0.05) is 22.8 Å². The number of aromatic hydroxyl groups is 1. The average molecular weight is 335 g/mol. The molecule has 0 aliphatic carbocycles. The molecule has 0 radical (unpaired) electrons. The number of thiazole rings is 1. The topological polar surface area (TPSA) is 49.6 Å². The molecule has 2 heterocycles. The lowest BCUT2D eigenvalue weighted by Gasteiger charge is -2.13. The zero-order valence-electron chi connectivity index (χ0n) is 13.4. The summed E-state index contributed by atoms with van der Waals surface area (Å²) in [6.07, 6.45) is 2.01. The number of aryl methyl sites for hydroxylation is 2. The van der Waals surface area contributed by atoms with E-state index in [-0.39, 0.29) is 5.75 Å². The molecule has 4 aromatic rings. The van der Waals surface area contributed by atoms with Gasteiger partial charge in [-0.1, -0.05) is 30.3 Å². The predicted molar refractivity (Wildman–Crippen MR) is 99.4 cm³/mol. The normalized spacial score (nSPS) is 11.1. The Morgan fingerprint density at radius 2 is 1.83 bits per heavy atom. The molecule has 4 nitrogen and oxygen atoms in total. The maximum Gasteiger partial charge on any atom is 0.195 e. The molecule has 2 aromatic carbocycles. The van der Waals surface area contributed by atoms with Gasteiger partial charge in [0.15, 0.2) is 4.96 Å². The Morgan fingerprint density at radius 1 is 1.08 bits per heavy atom. The number of anilines is 2. The van der Waals surface area contributed by atoms with E-state index < -0.39 is 0 Å². The number of aromatic nitrogens is 2. The van der Waals surface area contributed by atoms with Crippen LogP contribution in [0.15, 0.2) is 54.0 Å². The van der Waals surface area contributed by atoms with Gasteiger partial charge in [0.25, 0.3) is 0 Å². The number of nitrogens with zero attached hydrogens (tertiary/aromatic N) is 2. The largest absolute Gasteiger partial charge is 0.508 e. The maximum absolute atomic E-state index is 9.82. The Labute approximate surface area is 144 Å². The molecule has 0 fully saturated rings. The molecule has 0 saturated heterocycles. The molecule has 0 aliphatic rings. The summed E-state index contributed by atoms with van der Waals surface area (Å²) in [5, 5.41) is 15.4. The van der Waals surface area contributed by atoms with Crippen LogP contribution in [0.4, 0.5) is 11.5 Å². The van der Waals surface area contributed by atoms with E-state index in [2.05, 4.69) is 41.8 Å². The Hall–Kier alpha value is -2.79. The summed E-state index contributed by atoms with van der Waals surface area (Å²) in [5.74, 6) is 1.15. The second-order valence-corrected chi connectivity index (χ2v) is 6.68. The first-order valence-corrected chi connectivity index (χ1v) is 8.59. The first kappa shape index (κ1) is 14.8. The number of rotatable bonds is 3. The van der Waals surface area contributed by atoms with E-state index in [0.717, 1.165) is 27.7 Å². The molecule has 0 spiro atoms. The lowest BCUT2D eigenvalue weighted by Crippen LogP contribution is -1.99. The Morgan fingerprint density at radius 3 is 2.58 bits per heavy atom. The van der Waals surface area contributed by atoms with Crippen LogP contribution < -0.4 is 5.32 Å². The second-order valence-electron chi connectivity index (χ2n) is 5.81. The number of para-hydroxylation sites is 1. The lowest BCUT2D eigenvalue weighted by atomic mass is 10.1. The molecule has 0 unspecified atom stereocenters. The minimum atomic E-state index is 0.238. The maximum atomic E-state index is 9.82. The van der Waals surface area contributed by atoms with Gasteiger partial charge in [0.1, 0.15) is 17.3 Å². The first-order chi connectivity index (χ1) is 11.6. The van der Waals surface area contributed by atoms with Gasteiger partial charge in [-0.2, -0.15) is 0 Å². The molecule has 0 saturated carbocycles. The van der Waals surface area contributed by atoms with Crippen molar-refractivity contribution in [1.82, 2.24) is 9.38 Å². The third-order valence-corrected chi connectivity index (χ3v) is 4.86. The quantitative estimate of drug-likeness (QED) is 0.546. The van der Waals surface area contributed by atoms with Gasteiger partial charge < -0.3 is 10.4 Å². The zero-order valence-corrected chi connectivity index (χ0v) is 14.3. The monoisotopic (exact) mass is 335 g/mol. The Balaban J connectivity index is 1.91.